The van der Waals surface area contributed by atoms with Crippen LogP contribution < -0.4 is 11.1 Å². The third-order valence-corrected chi connectivity index (χ3v) is 1.71. The van der Waals surface area contributed by atoms with Crippen LogP contribution in [0, 0.1) is 5.82 Å². The highest BCUT2D eigenvalue weighted by atomic mass is 19.1. The van der Waals surface area contributed by atoms with Crippen molar-refractivity contribution >= 4 is 23.0 Å². The molecule has 4 N–H and O–H groups in total. The van der Waals surface area contributed by atoms with E-state index in [4.69, 9.17) is 5.73 Å². The van der Waals surface area contributed by atoms with Crippen molar-refractivity contribution in [1.82, 2.24) is 9.97 Å². The molecule has 14 heavy (non-hydrogen) atoms. The molecule has 0 bridgehead atoms. The number of aromatic nitrogens is 2. The third kappa shape index (κ3) is 1.37. The first-order valence-corrected chi connectivity index (χ1v) is 3.87. The summed E-state index contributed by atoms with van der Waals surface area (Å²) in [7, 11) is 0. The van der Waals surface area contributed by atoms with Gasteiger partial charge in [-0.15, -0.1) is 0 Å². The van der Waals surface area contributed by atoms with Crippen molar-refractivity contribution < 1.29 is 9.18 Å². The van der Waals surface area contributed by atoms with Crippen LogP contribution in [0.1, 0.15) is 0 Å². The number of carbonyl (C=O) groups excluding carboxylic acids is 1. The second-order valence-corrected chi connectivity index (χ2v) is 2.71. The van der Waals surface area contributed by atoms with Gasteiger partial charge in [-0.2, -0.15) is 0 Å². The number of amides is 2. The lowest BCUT2D eigenvalue weighted by Gasteiger charge is -1.92. The Balaban J connectivity index is 2.51. The number of H-pyrrole nitrogens is 1. The molecule has 0 aliphatic rings. The largest absolute Gasteiger partial charge is 0.351 e. The molecule has 0 spiro atoms. The highest BCUT2D eigenvalue weighted by molar-refractivity contribution is 5.88. The second kappa shape index (κ2) is 2.99. The smallest absolute Gasteiger partial charge is 0.318 e. The van der Waals surface area contributed by atoms with Crippen molar-refractivity contribution in [3.8, 4) is 0 Å². The molecule has 6 heteroatoms. The summed E-state index contributed by atoms with van der Waals surface area (Å²) in [5, 5.41) is 2.23. The van der Waals surface area contributed by atoms with Crippen molar-refractivity contribution in [2.75, 3.05) is 5.32 Å². The van der Waals surface area contributed by atoms with Gasteiger partial charge in [0.25, 0.3) is 0 Å². The highest BCUT2D eigenvalue weighted by Gasteiger charge is 2.07. The maximum absolute atomic E-state index is 13.1. The van der Waals surface area contributed by atoms with E-state index in [9.17, 15) is 9.18 Å². The molecule has 72 valence electrons. The molecule has 0 radical (unpaired) electrons. The number of nitrogens with zero attached hydrogens (tertiary/aromatic N) is 1. The van der Waals surface area contributed by atoms with Gasteiger partial charge in [-0.1, -0.05) is 6.07 Å². The van der Waals surface area contributed by atoms with Crippen LogP contribution in [0.25, 0.3) is 11.0 Å². The number of hydrogen-bond donors (Lipinski definition) is 3. The van der Waals surface area contributed by atoms with Gasteiger partial charge >= 0.3 is 6.03 Å². The summed E-state index contributed by atoms with van der Waals surface area (Å²) >= 11 is 0. The number of fused-ring (bicyclic) bond motifs is 1. The Hall–Kier alpha value is -2.11. The number of halogens is 1. The van der Waals surface area contributed by atoms with Crippen LogP contribution >= 0.6 is 0 Å². The zero-order chi connectivity index (χ0) is 10.1. The topological polar surface area (TPSA) is 83.8 Å². The summed E-state index contributed by atoms with van der Waals surface area (Å²) in [6.45, 7) is 0. The maximum Gasteiger partial charge on any atom is 0.318 e. The molecular formula is C8H7FN4O. The van der Waals surface area contributed by atoms with Crippen molar-refractivity contribution in [2.24, 2.45) is 5.73 Å². The average Bonchev–Trinajstić information content (AvgIpc) is 2.47. The number of nitrogens with one attached hydrogen (secondary N) is 2. The fourth-order valence-corrected chi connectivity index (χ4v) is 1.17. The van der Waals surface area contributed by atoms with Crippen molar-refractivity contribution in [2.45, 2.75) is 0 Å². The van der Waals surface area contributed by atoms with Crippen LogP contribution in [0.2, 0.25) is 0 Å². The predicted molar refractivity (Wildman–Crippen MR) is 49.3 cm³/mol. The maximum atomic E-state index is 13.1. The van der Waals surface area contributed by atoms with Crippen LogP contribution in [0.3, 0.4) is 0 Å². The Bertz CT molecular complexity index is 493. The highest BCUT2D eigenvalue weighted by Crippen LogP contribution is 2.16. The van der Waals surface area contributed by atoms with E-state index in [1.807, 2.05) is 0 Å². The van der Waals surface area contributed by atoms with Gasteiger partial charge in [0.05, 0.1) is 5.52 Å². The Morgan fingerprint density at radius 2 is 2.36 bits per heavy atom. The van der Waals surface area contributed by atoms with E-state index in [1.165, 1.54) is 6.07 Å². The molecule has 2 rings (SSSR count). The first-order chi connectivity index (χ1) is 6.66. The molecule has 0 unspecified atom stereocenters. The molecule has 0 saturated carbocycles. The zero-order valence-corrected chi connectivity index (χ0v) is 7.04. The number of para-hydroxylation sites is 1. The SMILES string of the molecule is NC(=O)Nc1nc2c(F)cccc2[nH]1. The van der Waals surface area contributed by atoms with Crippen LogP contribution in [-0.4, -0.2) is 16.0 Å². The van der Waals surface area contributed by atoms with Gasteiger partial charge in [0.1, 0.15) is 5.52 Å². The number of anilines is 1. The summed E-state index contributed by atoms with van der Waals surface area (Å²) in [6, 6.07) is 3.74. The standard InChI is InChI=1S/C8H7FN4O/c9-4-2-1-3-5-6(4)12-8(11-5)13-7(10)14/h1-3H,(H4,10,11,12,13,14). The lowest BCUT2D eigenvalue weighted by molar-refractivity contribution is 0.259. The van der Waals surface area contributed by atoms with Gasteiger partial charge in [0.2, 0.25) is 5.95 Å². The second-order valence-electron chi connectivity index (χ2n) is 2.71. The monoisotopic (exact) mass is 194 g/mol. The minimum atomic E-state index is -0.746. The van der Waals surface area contributed by atoms with Crippen LogP contribution in [0.5, 0.6) is 0 Å². The number of hydrogen-bond acceptors (Lipinski definition) is 2. The summed E-state index contributed by atoms with van der Waals surface area (Å²) in [5.41, 5.74) is 5.57. The van der Waals surface area contributed by atoms with Crippen LogP contribution in [0.4, 0.5) is 15.1 Å². The van der Waals surface area contributed by atoms with E-state index in [1.54, 1.807) is 12.1 Å². The molecule has 0 saturated heterocycles. The lowest BCUT2D eigenvalue weighted by Crippen LogP contribution is -2.19. The third-order valence-electron chi connectivity index (χ3n) is 1.71. The Kier molecular flexibility index (Phi) is 1.81. The van der Waals surface area contributed by atoms with Crippen LogP contribution in [0.15, 0.2) is 18.2 Å². The molecule has 0 fully saturated rings. The van der Waals surface area contributed by atoms with Crippen molar-refractivity contribution in [3.05, 3.63) is 24.0 Å². The number of imidazole rings is 1. The van der Waals surface area contributed by atoms with Crippen molar-refractivity contribution in [3.63, 3.8) is 0 Å². The van der Waals surface area contributed by atoms with E-state index in [0.29, 0.717) is 5.52 Å². The molecule has 2 amide bonds. The number of urea groups is 1. The number of nitrogens with two attached hydrogens (primary N) is 1. The fourth-order valence-electron chi connectivity index (χ4n) is 1.17. The normalized spacial score (nSPS) is 10.4. The zero-order valence-electron chi connectivity index (χ0n) is 7.04. The molecule has 0 atom stereocenters. The van der Waals surface area contributed by atoms with Crippen molar-refractivity contribution in [1.29, 1.82) is 0 Å². The van der Waals surface area contributed by atoms with Gasteiger partial charge in [-0.05, 0) is 12.1 Å². The van der Waals surface area contributed by atoms with E-state index >= 15 is 0 Å². The van der Waals surface area contributed by atoms with Gasteiger partial charge in [0, 0.05) is 0 Å². The Morgan fingerprint density at radius 1 is 1.57 bits per heavy atom. The predicted octanol–water partition coefficient (Wildman–Crippen LogP) is 1.19. The van der Waals surface area contributed by atoms with Gasteiger partial charge in [0.15, 0.2) is 5.82 Å². The number of rotatable bonds is 1. The molecule has 1 aromatic carbocycles. The average molecular weight is 194 g/mol. The molecular weight excluding hydrogens is 187 g/mol. The lowest BCUT2D eigenvalue weighted by atomic mass is 10.3. The summed E-state index contributed by atoms with van der Waals surface area (Å²) in [5.74, 6) is -0.311. The quantitative estimate of drug-likeness (QED) is 0.637. The van der Waals surface area contributed by atoms with Gasteiger partial charge < -0.3 is 10.7 Å². The summed E-state index contributed by atoms with van der Waals surface area (Å²) in [4.78, 5) is 17.0. The number of aromatic amines is 1. The molecule has 2 aromatic rings. The van der Waals surface area contributed by atoms with Crippen LogP contribution in [-0.2, 0) is 0 Å². The first kappa shape index (κ1) is 8.49. The number of primary amides is 1. The minimum Gasteiger partial charge on any atom is -0.351 e. The van der Waals surface area contributed by atoms with E-state index < -0.39 is 11.8 Å². The van der Waals surface area contributed by atoms with E-state index in [-0.39, 0.29) is 11.5 Å². The summed E-state index contributed by atoms with van der Waals surface area (Å²) < 4.78 is 13.1. The number of benzene rings is 1. The number of carbonyl (C=O) groups is 1. The Morgan fingerprint density at radius 3 is 3.00 bits per heavy atom. The van der Waals surface area contributed by atoms with Gasteiger partial charge in [-0.25, -0.2) is 14.2 Å². The molecule has 0 aliphatic carbocycles. The first-order valence-electron chi connectivity index (χ1n) is 3.87. The minimum absolute atomic E-state index is 0.137. The molecule has 0 aliphatic heterocycles. The Labute approximate surface area is 78.1 Å². The van der Waals surface area contributed by atoms with E-state index in [2.05, 4.69) is 15.3 Å². The molecule has 5 nitrogen and oxygen atoms in total. The molecule has 1 heterocycles. The summed E-state index contributed by atoms with van der Waals surface area (Å²) in [6.07, 6.45) is 0. The molecule has 1 aromatic heterocycles. The van der Waals surface area contributed by atoms with E-state index in [0.717, 1.165) is 0 Å². The van der Waals surface area contributed by atoms with Gasteiger partial charge in [-0.3, -0.25) is 5.32 Å². The fraction of sp³-hybridized carbons (Fsp3) is 0.